The van der Waals surface area contributed by atoms with Gasteiger partial charge in [0.25, 0.3) is 0 Å². The standard InChI is InChI=1S/C46H79N5O19/c1-42(2,3)67-38(57)47-19-17-27(53)35(56)48-25-21-26(50-40(59)69-44(7,8)9)33(64-36-24(16-15-23(62-36)18-20-52)49-39(58)68-43(4,5)6)31(55)32(25)65-37-30(54)29(51-41(60)70-45(10,11)12)34-28(63-37)22-61-46(13,14)66-34/h20,23-34,36-37,53-55H,15-19,21-22H2,1-14H3,(H,47,57)(H,48,56)(H,49,58)(H,50,59)(H,51,60)/t23?,24?,25-,26-,27+,28?,29-,30?,31?,32+,33?,34-,36-,37-/m1/s1. The summed E-state index contributed by atoms with van der Waals surface area (Å²) in [5, 5.41) is 49.0. The Labute approximate surface area is 409 Å². The number of carbonyl (C=O) groups excluding carboxylic acids is 6. The molecule has 0 aromatic heterocycles. The quantitative estimate of drug-likeness (QED) is 0.0914. The zero-order chi connectivity index (χ0) is 52.7. The van der Waals surface area contributed by atoms with E-state index in [1.54, 1.807) is 96.9 Å². The lowest BCUT2D eigenvalue weighted by Crippen LogP contribution is -2.72. The van der Waals surface area contributed by atoms with Gasteiger partial charge < -0.3 is 94.1 Å². The van der Waals surface area contributed by atoms with Crippen LogP contribution in [0.3, 0.4) is 0 Å². The van der Waals surface area contributed by atoms with Crippen LogP contribution in [0.2, 0.25) is 0 Å². The molecular formula is C46H79N5O19. The summed E-state index contributed by atoms with van der Waals surface area (Å²) in [6.45, 7) is 22.9. The average Bonchev–Trinajstić information content (AvgIpc) is 3.17. The van der Waals surface area contributed by atoms with Crippen LogP contribution < -0.4 is 26.6 Å². The SMILES string of the molecule is CC(C)(C)OC(=O)NCC[C@H](O)C(=O)N[C@@H]1C[C@@H](NC(=O)OC(C)(C)C)C(O[C@H]2OC(CC=O)CCC2NC(=O)OC(C)(C)C)C(O)[C@H]1O[C@H]1OC2COC(C)(C)O[C@H]2[C@H](NC(=O)OC(C)(C)C)C1O. The van der Waals surface area contributed by atoms with Gasteiger partial charge in [0, 0.05) is 13.0 Å². The number of aliphatic hydroxyl groups is 3. The number of amides is 5. The number of alkyl carbamates (subject to hydrolysis) is 4. The summed E-state index contributed by atoms with van der Waals surface area (Å²) in [6.07, 6.45) is -17.2. The van der Waals surface area contributed by atoms with Crippen molar-refractivity contribution in [3.63, 3.8) is 0 Å². The molecule has 24 nitrogen and oxygen atoms in total. The lowest BCUT2D eigenvalue weighted by atomic mass is 9.83. The maximum atomic E-state index is 13.9. The molecule has 3 aliphatic heterocycles. The van der Waals surface area contributed by atoms with Crippen molar-refractivity contribution >= 4 is 36.6 Å². The molecule has 1 aliphatic carbocycles. The maximum Gasteiger partial charge on any atom is 0.408 e. The summed E-state index contributed by atoms with van der Waals surface area (Å²) in [7, 11) is 0. The summed E-state index contributed by atoms with van der Waals surface area (Å²) >= 11 is 0. The molecular weight excluding hydrogens is 927 g/mol. The molecule has 24 heteroatoms. The van der Waals surface area contributed by atoms with Crippen LogP contribution in [0.1, 0.15) is 129 Å². The topological polar surface area (TPSA) is 316 Å². The van der Waals surface area contributed by atoms with Gasteiger partial charge in [0.15, 0.2) is 18.4 Å². The maximum absolute atomic E-state index is 13.9. The van der Waals surface area contributed by atoms with E-state index in [4.69, 9.17) is 47.4 Å². The first-order valence-electron chi connectivity index (χ1n) is 23.8. The van der Waals surface area contributed by atoms with E-state index in [0.717, 1.165) is 0 Å². The Kier molecular flexibility index (Phi) is 19.7. The molecule has 4 rings (SSSR count). The Morgan fingerprint density at radius 3 is 1.71 bits per heavy atom. The fraction of sp³-hybridized carbons (Fsp3) is 0.870. The summed E-state index contributed by atoms with van der Waals surface area (Å²) in [5.41, 5.74) is -3.63. The monoisotopic (exact) mass is 1010 g/mol. The van der Waals surface area contributed by atoms with Gasteiger partial charge in [-0.05, 0) is 123 Å². The van der Waals surface area contributed by atoms with Crippen LogP contribution in [0.4, 0.5) is 19.2 Å². The van der Waals surface area contributed by atoms with Crippen molar-refractivity contribution in [3.8, 4) is 0 Å². The Balaban J connectivity index is 1.76. The van der Waals surface area contributed by atoms with E-state index in [1.807, 2.05) is 0 Å². The molecule has 1 saturated carbocycles. The molecule has 0 bridgehead atoms. The molecule has 402 valence electrons. The number of fused-ring (bicyclic) bond motifs is 1. The van der Waals surface area contributed by atoms with Crippen molar-refractivity contribution in [2.24, 2.45) is 0 Å². The van der Waals surface area contributed by atoms with Crippen molar-refractivity contribution in [1.29, 1.82) is 0 Å². The van der Waals surface area contributed by atoms with Crippen molar-refractivity contribution in [2.45, 2.75) is 243 Å². The number of carbonyl (C=O) groups is 6. The molecule has 0 aromatic carbocycles. The van der Waals surface area contributed by atoms with E-state index < -0.39 is 144 Å². The zero-order valence-electron chi connectivity index (χ0n) is 43.0. The second-order valence-corrected chi connectivity index (χ2v) is 22.4. The average molecular weight is 1010 g/mol. The highest BCUT2D eigenvalue weighted by Crippen LogP contribution is 2.37. The van der Waals surface area contributed by atoms with Gasteiger partial charge in [0.2, 0.25) is 5.91 Å². The lowest BCUT2D eigenvalue weighted by Gasteiger charge is -2.52. The van der Waals surface area contributed by atoms with Gasteiger partial charge in [0.1, 0.15) is 71.4 Å². The molecule has 3 heterocycles. The third kappa shape index (κ3) is 18.5. The highest BCUT2D eigenvalue weighted by atomic mass is 16.8. The van der Waals surface area contributed by atoms with E-state index >= 15 is 0 Å². The summed E-state index contributed by atoms with van der Waals surface area (Å²) in [5.74, 6) is -2.15. The third-order valence-corrected chi connectivity index (χ3v) is 10.9. The first-order valence-corrected chi connectivity index (χ1v) is 23.8. The third-order valence-electron chi connectivity index (χ3n) is 10.9. The van der Waals surface area contributed by atoms with Gasteiger partial charge in [-0.25, -0.2) is 19.2 Å². The molecule has 8 N–H and O–H groups in total. The molecule has 14 atom stereocenters. The van der Waals surface area contributed by atoms with Crippen LogP contribution >= 0.6 is 0 Å². The number of hydrogen-bond donors (Lipinski definition) is 8. The van der Waals surface area contributed by atoms with E-state index in [9.17, 15) is 44.1 Å². The number of nitrogens with one attached hydrogen (secondary N) is 5. The normalized spacial score (nSPS) is 31.9. The number of rotatable bonds is 14. The van der Waals surface area contributed by atoms with Gasteiger partial charge in [-0.2, -0.15) is 0 Å². The second-order valence-electron chi connectivity index (χ2n) is 22.4. The number of ether oxygens (including phenoxy) is 10. The first-order chi connectivity index (χ1) is 32.1. The summed E-state index contributed by atoms with van der Waals surface area (Å²) in [6, 6.07) is -4.80. The molecule has 3 saturated heterocycles. The van der Waals surface area contributed by atoms with Crippen molar-refractivity contribution < 1.29 is 91.5 Å². The number of aldehydes is 1. The minimum atomic E-state index is -1.90. The lowest BCUT2D eigenvalue weighted by molar-refractivity contribution is -0.376. The summed E-state index contributed by atoms with van der Waals surface area (Å²) in [4.78, 5) is 77.7. The van der Waals surface area contributed by atoms with Gasteiger partial charge in [-0.1, -0.05) is 0 Å². The van der Waals surface area contributed by atoms with Gasteiger partial charge in [-0.3, -0.25) is 4.79 Å². The molecule has 5 amide bonds. The molecule has 4 aliphatic rings. The molecule has 70 heavy (non-hydrogen) atoms. The van der Waals surface area contributed by atoms with Crippen molar-refractivity contribution in [2.75, 3.05) is 13.2 Å². The van der Waals surface area contributed by atoms with Crippen LogP contribution in [0.5, 0.6) is 0 Å². The van der Waals surface area contributed by atoms with Gasteiger partial charge in [0.05, 0.1) is 36.9 Å². The summed E-state index contributed by atoms with van der Waals surface area (Å²) < 4.78 is 59.4. The second kappa shape index (κ2) is 23.6. The van der Waals surface area contributed by atoms with E-state index in [1.165, 1.54) is 0 Å². The van der Waals surface area contributed by atoms with Crippen LogP contribution in [0, 0.1) is 0 Å². The minimum Gasteiger partial charge on any atom is -0.444 e. The fourth-order valence-corrected chi connectivity index (χ4v) is 8.08. The van der Waals surface area contributed by atoms with Gasteiger partial charge in [-0.15, -0.1) is 0 Å². The first kappa shape index (κ1) is 58.4. The van der Waals surface area contributed by atoms with Crippen LogP contribution in [-0.2, 0) is 57.0 Å². The molecule has 4 fully saturated rings. The zero-order valence-corrected chi connectivity index (χ0v) is 43.0. The van der Waals surface area contributed by atoms with Crippen LogP contribution in [0.25, 0.3) is 0 Å². The Morgan fingerprint density at radius 1 is 0.671 bits per heavy atom. The van der Waals surface area contributed by atoms with Gasteiger partial charge >= 0.3 is 24.4 Å². The van der Waals surface area contributed by atoms with E-state index in [2.05, 4.69) is 26.6 Å². The molecule has 6 unspecified atom stereocenters. The molecule has 0 spiro atoms. The fourth-order valence-electron chi connectivity index (χ4n) is 8.08. The predicted molar refractivity (Wildman–Crippen MR) is 245 cm³/mol. The Morgan fingerprint density at radius 2 is 1.17 bits per heavy atom. The Hall–Kier alpha value is -4.14. The highest BCUT2D eigenvalue weighted by molar-refractivity contribution is 5.81. The van der Waals surface area contributed by atoms with Crippen LogP contribution in [-0.4, -0.2) is 179 Å². The van der Waals surface area contributed by atoms with E-state index in [-0.39, 0.29) is 38.8 Å². The van der Waals surface area contributed by atoms with E-state index in [0.29, 0.717) is 12.7 Å². The highest BCUT2D eigenvalue weighted by Gasteiger charge is 2.56. The smallest absolute Gasteiger partial charge is 0.408 e. The number of aliphatic hydroxyl groups excluding tert-OH is 3. The largest absolute Gasteiger partial charge is 0.444 e. The minimum absolute atomic E-state index is 0.0382. The van der Waals surface area contributed by atoms with Crippen molar-refractivity contribution in [3.05, 3.63) is 0 Å². The number of hydrogen-bond acceptors (Lipinski definition) is 19. The molecule has 0 radical (unpaired) electrons. The predicted octanol–water partition coefficient (Wildman–Crippen LogP) is 2.29. The van der Waals surface area contributed by atoms with Crippen molar-refractivity contribution in [1.82, 2.24) is 26.6 Å². The molecule has 0 aromatic rings. The Bertz CT molecular complexity index is 1790. The van der Waals surface area contributed by atoms with Crippen LogP contribution in [0.15, 0.2) is 0 Å².